The van der Waals surface area contributed by atoms with E-state index in [2.05, 4.69) is 10.3 Å². The van der Waals surface area contributed by atoms with Crippen LogP contribution in [-0.4, -0.2) is 28.7 Å². The van der Waals surface area contributed by atoms with Crippen LogP contribution in [0.5, 0.6) is 0 Å². The van der Waals surface area contributed by atoms with Crippen molar-refractivity contribution in [3.05, 3.63) is 65.5 Å². The van der Waals surface area contributed by atoms with Gasteiger partial charge in [0.05, 0.1) is 18.5 Å². The molecular formula is C20H25N3O2. The predicted octanol–water partition coefficient (Wildman–Crippen LogP) is 3.18. The number of hydrogen-bond acceptors (Lipinski definition) is 3. The maximum Gasteiger partial charge on any atom is 0.225 e. The smallest absolute Gasteiger partial charge is 0.225 e. The molecule has 0 saturated heterocycles. The topological polar surface area (TPSA) is 62.3 Å². The molecule has 2 aromatic rings. The van der Waals surface area contributed by atoms with Gasteiger partial charge in [0.15, 0.2) is 0 Å². The summed E-state index contributed by atoms with van der Waals surface area (Å²) < 4.78 is 0. The minimum absolute atomic E-state index is 0.0244. The third-order valence-electron chi connectivity index (χ3n) is 4.40. The normalized spacial score (nSPS) is 13.0. The lowest BCUT2D eigenvalue weighted by Crippen LogP contribution is -2.35. The summed E-state index contributed by atoms with van der Waals surface area (Å²) in [6, 6.07) is 11.3. The Bertz CT molecular complexity index is 713. The van der Waals surface area contributed by atoms with Crippen LogP contribution in [-0.2, 0) is 9.59 Å². The summed E-state index contributed by atoms with van der Waals surface area (Å²) in [5.41, 5.74) is 3.09. The van der Waals surface area contributed by atoms with Crippen molar-refractivity contribution in [3.63, 3.8) is 0 Å². The van der Waals surface area contributed by atoms with Gasteiger partial charge in [0.2, 0.25) is 11.8 Å². The zero-order chi connectivity index (χ0) is 18.4. The van der Waals surface area contributed by atoms with Crippen molar-refractivity contribution in [1.82, 2.24) is 15.2 Å². The lowest BCUT2D eigenvalue weighted by atomic mass is 10.0. The summed E-state index contributed by atoms with van der Waals surface area (Å²) in [6.07, 6.45) is 3.65. The van der Waals surface area contributed by atoms with E-state index in [0.29, 0.717) is 0 Å². The largest absolute Gasteiger partial charge is 0.349 e. The van der Waals surface area contributed by atoms with Crippen LogP contribution in [0.15, 0.2) is 48.8 Å². The van der Waals surface area contributed by atoms with Gasteiger partial charge in [0.25, 0.3) is 0 Å². The van der Waals surface area contributed by atoms with E-state index >= 15 is 0 Å². The Morgan fingerprint density at radius 3 is 2.24 bits per heavy atom. The van der Waals surface area contributed by atoms with Crippen LogP contribution in [0.3, 0.4) is 0 Å². The monoisotopic (exact) mass is 339 g/mol. The zero-order valence-electron chi connectivity index (χ0n) is 15.2. The highest BCUT2D eigenvalue weighted by atomic mass is 16.2. The van der Waals surface area contributed by atoms with Crippen molar-refractivity contribution in [3.8, 4) is 0 Å². The van der Waals surface area contributed by atoms with E-state index < -0.39 is 0 Å². The average Bonchev–Trinajstić information content (AvgIpc) is 2.60. The Kier molecular flexibility index (Phi) is 6.28. The predicted molar refractivity (Wildman–Crippen MR) is 97.8 cm³/mol. The fourth-order valence-corrected chi connectivity index (χ4v) is 2.70. The van der Waals surface area contributed by atoms with Gasteiger partial charge in [-0.05, 0) is 37.1 Å². The fourth-order valence-electron chi connectivity index (χ4n) is 2.70. The fraction of sp³-hybridized carbons (Fsp3) is 0.350. The third kappa shape index (κ3) is 5.14. The number of carbonyl (C=O) groups excluding carboxylic acids is 2. The quantitative estimate of drug-likeness (QED) is 0.879. The molecular weight excluding hydrogens is 314 g/mol. The van der Waals surface area contributed by atoms with Crippen LogP contribution in [0.1, 0.15) is 49.0 Å². The van der Waals surface area contributed by atoms with Gasteiger partial charge in [-0.15, -0.1) is 0 Å². The van der Waals surface area contributed by atoms with Crippen molar-refractivity contribution < 1.29 is 9.59 Å². The summed E-state index contributed by atoms with van der Waals surface area (Å²) in [7, 11) is 1.79. The zero-order valence-corrected chi connectivity index (χ0v) is 15.2. The lowest BCUT2D eigenvalue weighted by molar-refractivity contribution is -0.132. The van der Waals surface area contributed by atoms with Gasteiger partial charge in [-0.25, -0.2) is 0 Å². The third-order valence-corrected chi connectivity index (χ3v) is 4.40. The number of nitrogens with one attached hydrogen (secondary N) is 1. The number of hydrogen-bond donors (Lipinski definition) is 1. The molecule has 25 heavy (non-hydrogen) atoms. The summed E-state index contributed by atoms with van der Waals surface area (Å²) in [5, 5.41) is 2.88. The molecule has 5 nitrogen and oxygen atoms in total. The van der Waals surface area contributed by atoms with Gasteiger partial charge in [-0.1, -0.05) is 29.8 Å². The first-order chi connectivity index (χ1) is 11.9. The first-order valence-electron chi connectivity index (χ1n) is 8.37. The van der Waals surface area contributed by atoms with E-state index in [1.165, 1.54) is 6.92 Å². The van der Waals surface area contributed by atoms with E-state index in [1.54, 1.807) is 24.3 Å². The number of pyridine rings is 1. The van der Waals surface area contributed by atoms with E-state index in [9.17, 15) is 9.59 Å². The van der Waals surface area contributed by atoms with Gasteiger partial charge >= 0.3 is 0 Å². The molecule has 1 heterocycles. The Labute approximate surface area is 149 Å². The van der Waals surface area contributed by atoms with Gasteiger partial charge in [-0.2, -0.15) is 0 Å². The van der Waals surface area contributed by atoms with Crippen LogP contribution in [0.25, 0.3) is 0 Å². The molecule has 0 saturated carbocycles. The van der Waals surface area contributed by atoms with Crippen LogP contribution >= 0.6 is 0 Å². The molecule has 2 rings (SSSR count). The maximum atomic E-state index is 12.7. The molecule has 1 aromatic heterocycles. The molecule has 2 atom stereocenters. The number of rotatable bonds is 6. The van der Waals surface area contributed by atoms with Crippen molar-refractivity contribution >= 4 is 11.8 Å². The number of benzene rings is 1. The number of amides is 2. The highest BCUT2D eigenvalue weighted by Crippen LogP contribution is 2.23. The molecule has 1 aromatic carbocycles. The molecule has 0 aliphatic heterocycles. The number of aromatic nitrogens is 1. The SMILES string of the molecule is CC(=O)N[C@@H](CC(=O)N(C)[C@H](C)c1ccncc1)c1ccc(C)cc1. The summed E-state index contributed by atoms with van der Waals surface area (Å²) in [5.74, 6) is -0.174. The Balaban J connectivity index is 2.13. The average molecular weight is 339 g/mol. The summed E-state index contributed by atoms with van der Waals surface area (Å²) in [6.45, 7) is 5.45. The van der Waals surface area contributed by atoms with E-state index in [4.69, 9.17) is 0 Å². The number of nitrogens with zero attached hydrogens (tertiary/aromatic N) is 2. The summed E-state index contributed by atoms with van der Waals surface area (Å²) >= 11 is 0. The van der Waals surface area contributed by atoms with Gasteiger partial charge in [0.1, 0.15) is 0 Å². The molecule has 1 N–H and O–H groups in total. The van der Waals surface area contributed by atoms with E-state index in [-0.39, 0.29) is 30.3 Å². The minimum Gasteiger partial charge on any atom is -0.349 e. The van der Waals surface area contributed by atoms with Crippen LogP contribution in [0.2, 0.25) is 0 Å². The van der Waals surface area contributed by atoms with Crippen LogP contribution in [0, 0.1) is 6.92 Å². The van der Waals surface area contributed by atoms with Crippen LogP contribution < -0.4 is 5.32 Å². The second-order valence-corrected chi connectivity index (χ2v) is 6.33. The van der Waals surface area contributed by atoms with E-state index in [1.807, 2.05) is 50.2 Å². The Hall–Kier alpha value is -2.69. The highest BCUT2D eigenvalue weighted by Gasteiger charge is 2.22. The molecule has 0 aliphatic carbocycles. The standard InChI is InChI=1S/C20H25N3O2/c1-14-5-7-18(8-6-14)19(22-16(3)24)13-20(25)23(4)15(2)17-9-11-21-12-10-17/h5-12,15,19H,13H2,1-4H3,(H,22,24)/t15-,19+/m1/s1. The van der Waals surface area contributed by atoms with Crippen molar-refractivity contribution in [2.75, 3.05) is 7.05 Å². The van der Waals surface area contributed by atoms with Crippen molar-refractivity contribution in [2.45, 2.75) is 39.3 Å². The maximum absolute atomic E-state index is 12.7. The van der Waals surface area contributed by atoms with Crippen LogP contribution in [0.4, 0.5) is 0 Å². The highest BCUT2D eigenvalue weighted by molar-refractivity contribution is 5.79. The first kappa shape index (κ1) is 18.6. The van der Waals surface area contributed by atoms with Gasteiger partial charge < -0.3 is 10.2 Å². The molecule has 0 unspecified atom stereocenters. The second kappa shape index (κ2) is 8.42. The Morgan fingerprint density at radius 1 is 1.08 bits per heavy atom. The molecule has 0 spiro atoms. The lowest BCUT2D eigenvalue weighted by Gasteiger charge is -2.27. The molecule has 0 radical (unpaired) electrons. The molecule has 0 bridgehead atoms. The number of carbonyl (C=O) groups is 2. The van der Waals surface area contributed by atoms with E-state index in [0.717, 1.165) is 16.7 Å². The number of aryl methyl sites for hydroxylation is 1. The summed E-state index contributed by atoms with van der Waals surface area (Å²) in [4.78, 5) is 30.0. The molecule has 2 amide bonds. The minimum atomic E-state index is -0.335. The molecule has 5 heteroatoms. The second-order valence-electron chi connectivity index (χ2n) is 6.33. The van der Waals surface area contributed by atoms with Gasteiger partial charge in [0, 0.05) is 26.4 Å². The van der Waals surface area contributed by atoms with Crippen molar-refractivity contribution in [2.24, 2.45) is 0 Å². The Morgan fingerprint density at radius 2 is 1.68 bits per heavy atom. The van der Waals surface area contributed by atoms with Gasteiger partial charge in [-0.3, -0.25) is 14.6 Å². The molecule has 132 valence electrons. The first-order valence-corrected chi connectivity index (χ1v) is 8.37. The molecule has 0 aliphatic rings. The molecule has 0 fully saturated rings. The van der Waals surface area contributed by atoms with Crippen molar-refractivity contribution in [1.29, 1.82) is 0 Å².